The molecule has 18 heteroatoms. The first kappa shape index (κ1) is 46.5. The van der Waals surface area contributed by atoms with Gasteiger partial charge < -0.3 is 43.2 Å². The van der Waals surface area contributed by atoms with E-state index in [1.807, 2.05) is 107 Å². The second-order valence-corrected chi connectivity index (χ2v) is 33.2. The fourth-order valence-corrected chi connectivity index (χ4v) is 19.8. The highest BCUT2D eigenvalue weighted by atomic mass is 28.4. The lowest BCUT2D eigenvalue weighted by Gasteiger charge is -2.32. The number of nitrogens with one attached hydrogen (secondary N) is 3. The van der Waals surface area contributed by atoms with Crippen LogP contribution < -0.4 is 16.0 Å². The summed E-state index contributed by atoms with van der Waals surface area (Å²) in [4.78, 5) is 39.8. The van der Waals surface area contributed by atoms with Crippen LogP contribution in [0.1, 0.15) is 22.3 Å². The first-order valence-corrected chi connectivity index (χ1v) is 31.0. The van der Waals surface area contributed by atoms with Crippen molar-refractivity contribution in [2.75, 3.05) is 61.1 Å². The van der Waals surface area contributed by atoms with Crippen LogP contribution in [0, 0.1) is 0 Å². The molecule has 0 fully saturated rings. The number of carbonyl (C=O) groups excluding carboxylic acids is 3. The molecule has 3 rings (SSSR count). The van der Waals surface area contributed by atoms with Crippen LogP contribution in [0.15, 0.2) is 66.7 Å². The lowest BCUT2D eigenvalue weighted by molar-refractivity contribution is 0.173. The minimum absolute atomic E-state index is 0.00832. The van der Waals surface area contributed by atoms with Gasteiger partial charge in [-0.25, -0.2) is 14.4 Å². The molecular formula is C38H60N4O10Si4. The summed E-state index contributed by atoms with van der Waals surface area (Å²) < 4.78 is 23.6. The van der Waals surface area contributed by atoms with Crippen LogP contribution in [-0.4, -0.2) is 117 Å². The Balaban J connectivity index is 1.81. The monoisotopic (exact) mass is 844 g/mol. The van der Waals surface area contributed by atoms with E-state index in [-0.39, 0.29) is 44.1 Å². The number of rotatable bonds is 19. The third-order valence-corrected chi connectivity index (χ3v) is 20.3. The van der Waals surface area contributed by atoms with Crippen molar-refractivity contribution in [3.63, 3.8) is 0 Å². The molecule has 0 heterocycles. The molecule has 0 saturated heterocycles. The molecular weight excluding hydrogens is 785 g/mol. The predicted octanol–water partition coefficient (Wildman–Crippen LogP) is 6.42. The molecule has 0 atom stereocenters. The average molecular weight is 845 g/mol. The molecule has 4 amide bonds. The van der Waals surface area contributed by atoms with E-state index in [1.54, 1.807) is 19.2 Å². The van der Waals surface area contributed by atoms with Gasteiger partial charge in [0, 0.05) is 30.7 Å². The van der Waals surface area contributed by atoms with E-state index in [1.165, 1.54) is 4.90 Å². The van der Waals surface area contributed by atoms with Crippen LogP contribution in [0.3, 0.4) is 0 Å². The Morgan fingerprint density at radius 3 is 1.41 bits per heavy atom. The highest BCUT2D eigenvalue weighted by Gasteiger charge is 2.35. The normalized spacial score (nSPS) is 12.1. The Hall–Kier alpha value is -3.86. The number of likely N-dealkylation sites (N-methyl/N-ethyl adjacent to an activating group) is 1. The molecule has 3 aromatic carbocycles. The Bertz CT molecular complexity index is 1790. The topological polar surface area (TPSA) is 188 Å². The minimum Gasteiger partial charge on any atom is -0.452 e. The van der Waals surface area contributed by atoms with Gasteiger partial charge in [0.05, 0.1) is 19.1 Å². The third-order valence-electron chi connectivity index (χ3n) is 8.22. The summed E-state index contributed by atoms with van der Waals surface area (Å²) in [5, 5.41) is 37.1. The van der Waals surface area contributed by atoms with Gasteiger partial charge in [0.2, 0.25) is 16.6 Å². The van der Waals surface area contributed by atoms with Crippen LogP contribution in [0.4, 0.5) is 31.4 Å². The van der Waals surface area contributed by atoms with Gasteiger partial charge in [-0.1, -0.05) is 30.3 Å². The molecule has 308 valence electrons. The Labute approximate surface area is 335 Å². The van der Waals surface area contributed by atoms with Gasteiger partial charge in [-0.2, -0.15) is 0 Å². The summed E-state index contributed by atoms with van der Waals surface area (Å²) in [6.07, 6.45) is -0.0384. The molecule has 0 aliphatic heterocycles. The van der Waals surface area contributed by atoms with E-state index in [4.69, 9.17) is 17.7 Å². The highest BCUT2D eigenvalue weighted by Crippen LogP contribution is 2.24. The summed E-state index contributed by atoms with van der Waals surface area (Å²) >= 11 is 0. The van der Waals surface area contributed by atoms with E-state index in [9.17, 15) is 29.7 Å². The van der Waals surface area contributed by atoms with Crippen molar-refractivity contribution < 1.29 is 47.4 Å². The van der Waals surface area contributed by atoms with Gasteiger partial charge in [-0.05, 0) is 124 Å². The number of hydrogen-bond acceptors (Lipinski definition) is 10. The van der Waals surface area contributed by atoms with E-state index in [0.29, 0.717) is 29.9 Å². The van der Waals surface area contributed by atoms with E-state index < -0.39 is 45.5 Å². The number of hydrogen-bond donors (Lipinski definition) is 6. The maximum atomic E-state index is 13.1. The quantitative estimate of drug-likeness (QED) is 0.0736. The minimum atomic E-state index is -2.41. The molecule has 0 aliphatic carbocycles. The van der Waals surface area contributed by atoms with Crippen LogP contribution in [0.2, 0.25) is 52.4 Å². The summed E-state index contributed by atoms with van der Waals surface area (Å²) in [7, 11) is -7.68. The fourth-order valence-electron chi connectivity index (χ4n) is 5.90. The Morgan fingerprint density at radius 2 is 0.982 bits per heavy atom. The van der Waals surface area contributed by atoms with Crippen LogP contribution in [0.25, 0.3) is 0 Å². The van der Waals surface area contributed by atoms with E-state index in [0.717, 1.165) is 22.3 Å². The maximum Gasteiger partial charge on any atom is 0.411 e. The highest BCUT2D eigenvalue weighted by molar-refractivity contribution is 6.85. The van der Waals surface area contributed by atoms with E-state index in [2.05, 4.69) is 16.0 Å². The van der Waals surface area contributed by atoms with Gasteiger partial charge in [0.25, 0.3) is 0 Å². The summed E-state index contributed by atoms with van der Waals surface area (Å²) in [5.74, 6) is 0. The molecule has 0 aliphatic rings. The number of amides is 4. The second kappa shape index (κ2) is 20.5. The first-order valence-electron chi connectivity index (χ1n) is 18.6. The van der Waals surface area contributed by atoms with Gasteiger partial charge >= 0.3 is 18.2 Å². The third kappa shape index (κ3) is 16.7. The zero-order valence-electron chi connectivity index (χ0n) is 34.2. The van der Waals surface area contributed by atoms with Crippen molar-refractivity contribution in [1.82, 2.24) is 4.90 Å². The number of carbonyl (C=O) groups is 3. The largest absolute Gasteiger partial charge is 0.452 e. The molecule has 3 aromatic rings. The number of urea groups is 1. The molecule has 0 radical (unpaired) electrons. The second-order valence-electron chi connectivity index (χ2n) is 16.3. The number of anilines is 3. The SMILES string of the molecule is CN(CCO)C(=O)Nc1cccc(Cc2cc(Cc3cccc(NC(=O)OC[Si](C)(C)O[Si](C)(C)CO)c3)cc(NC(=O)OC[Si](C)(C)O[Si](C)(C)CO)c2)c1. The van der Waals surface area contributed by atoms with Crippen LogP contribution >= 0.6 is 0 Å². The molecule has 56 heavy (non-hydrogen) atoms. The van der Waals surface area contributed by atoms with Gasteiger partial charge in [-0.3, -0.25) is 10.6 Å². The predicted molar refractivity (Wildman–Crippen MR) is 230 cm³/mol. The smallest absolute Gasteiger partial charge is 0.411 e. The Kier molecular flexibility index (Phi) is 17.1. The first-order chi connectivity index (χ1) is 26.1. The van der Waals surface area contributed by atoms with Gasteiger partial charge in [0.15, 0.2) is 16.6 Å². The van der Waals surface area contributed by atoms with Gasteiger partial charge in [0.1, 0.15) is 12.5 Å². The standard InChI is InChI=1S/C38H60N4O10Si4/c1-42(16-17-43)36(46)39-33-14-10-12-29(21-33)18-31-20-32(24-35(23-31)41-38(48)50-28-56(8,9)52-54(4,5)26-45)19-30-13-11-15-34(22-30)40-37(47)49-27-55(6,7)51-53(2,3)25-44/h10-15,20-24,43-45H,16-19,25-28H2,1-9H3,(H,39,46)(H,40,47)(H,41,48). The zero-order chi connectivity index (χ0) is 41.7. The number of benzene rings is 3. The fraction of sp³-hybridized carbons (Fsp3) is 0.447. The zero-order valence-corrected chi connectivity index (χ0v) is 38.2. The van der Waals surface area contributed by atoms with Crippen molar-refractivity contribution in [2.24, 2.45) is 0 Å². The van der Waals surface area contributed by atoms with Gasteiger partial charge in [-0.15, -0.1) is 0 Å². The number of nitrogens with zero attached hydrogens (tertiary/aromatic N) is 1. The Morgan fingerprint density at radius 1 is 0.571 bits per heavy atom. The van der Waals surface area contributed by atoms with E-state index >= 15 is 0 Å². The van der Waals surface area contributed by atoms with Crippen molar-refractivity contribution in [3.8, 4) is 0 Å². The van der Waals surface area contributed by atoms with Crippen molar-refractivity contribution in [3.05, 3.63) is 89.0 Å². The molecule has 14 nitrogen and oxygen atoms in total. The lowest BCUT2D eigenvalue weighted by atomic mass is 9.98. The van der Waals surface area contributed by atoms with Crippen molar-refractivity contribution >= 4 is 68.5 Å². The average Bonchev–Trinajstić information content (AvgIpc) is 3.09. The van der Waals surface area contributed by atoms with Crippen LogP contribution in [-0.2, 0) is 30.5 Å². The van der Waals surface area contributed by atoms with Crippen molar-refractivity contribution in [2.45, 2.75) is 65.2 Å². The molecule has 0 bridgehead atoms. The maximum absolute atomic E-state index is 13.1. The number of aliphatic hydroxyl groups excluding tert-OH is 3. The number of ether oxygens (including phenoxy) is 2. The summed E-state index contributed by atoms with van der Waals surface area (Å²) in [5.41, 5.74) is 5.30. The van der Waals surface area contributed by atoms with Crippen LogP contribution in [0.5, 0.6) is 0 Å². The number of aliphatic hydroxyl groups is 3. The lowest BCUT2D eigenvalue weighted by Crippen LogP contribution is -2.50. The molecule has 0 spiro atoms. The summed E-state index contributed by atoms with van der Waals surface area (Å²) in [6, 6.07) is 20.3. The molecule has 0 saturated carbocycles. The summed E-state index contributed by atoms with van der Waals surface area (Å²) in [6.45, 7) is 15.6. The molecule has 0 unspecified atom stereocenters. The molecule has 6 N–H and O–H groups in total. The molecule has 0 aromatic heterocycles. The van der Waals surface area contributed by atoms with Crippen molar-refractivity contribution in [1.29, 1.82) is 0 Å².